The highest BCUT2D eigenvalue weighted by molar-refractivity contribution is 5.92. The lowest BCUT2D eigenvalue weighted by molar-refractivity contribution is -0.171. The highest BCUT2D eigenvalue weighted by Gasteiger charge is 2.40. The third-order valence-corrected chi connectivity index (χ3v) is 3.77. The Morgan fingerprint density at radius 3 is 2.08 bits per heavy atom. The van der Waals surface area contributed by atoms with Crippen LogP contribution < -0.4 is 0 Å². The molecular weight excluding hydrogens is 312 g/mol. The minimum Gasteiger partial charge on any atom is -0.481 e. The first-order chi connectivity index (χ1) is 11.1. The topological polar surface area (TPSA) is 76.1 Å². The summed E-state index contributed by atoms with van der Waals surface area (Å²) in [6.45, 7) is 3.27. The SMILES string of the molecule is CC(=O)O[C@@H](C(=O)N(C)C)[C@@H](OC1=C[C@@H](C)CCC1)C(=O)N(C)C. The summed E-state index contributed by atoms with van der Waals surface area (Å²) in [5, 5.41) is 0. The van der Waals surface area contributed by atoms with E-state index < -0.39 is 30.0 Å². The molecule has 0 bridgehead atoms. The standard InChI is InChI=1S/C17H28N2O5/c1-11-8-7-9-13(10-11)24-15(17(22)19(5)6)14(23-12(2)20)16(21)18(3)4/h10-11,14-15H,7-9H2,1-6H3/t11-,14+,15+/m0/s1. The van der Waals surface area contributed by atoms with Crippen LogP contribution in [0.1, 0.15) is 33.1 Å². The van der Waals surface area contributed by atoms with Crippen molar-refractivity contribution in [2.24, 2.45) is 5.92 Å². The number of rotatable bonds is 6. The van der Waals surface area contributed by atoms with Crippen LogP contribution in [0.3, 0.4) is 0 Å². The average molecular weight is 340 g/mol. The molecule has 1 rings (SSSR count). The number of carbonyl (C=O) groups is 3. The third-order valence-electron chi connectivity index (χ3n) is 3.77. The van der Waals surface area contributed by atoms with Gasteiger partial charge in [0.2, 0.25) is 12.2 Å². The molecule has 2 amide bonds. The van der Waals surface area contributed by atoms with Crippen LogP contribution in [0, 0.1) is 5.92 Å². The van der Waals surface area contributed by atoms with Crippen molar-refractivity contribution in [2.45, 2.75) is 45.3 Å². The smallest absolute Gasteiger partial charge is 0.303 e. The number of carbonyl (C=O) groups excluding carboxylic acids is 3. The Labute approximate surface area is 143 Å². The predicted molar refractivity (Wildman–Crippen MR) is 88.9 cm³/mol. The molecule has 0 aromatic rings. The number of allylic oxidation sites excluding steroid dienone is 2. The zero-order chi connectivity index (χ0) is 18.4. The van der Waals surface area contributed by atoms with E-state index in [9.17, 15) is 14.4 Å². The molecule has 0 saturated carbocycles. The monoisotopic (exact) mass is 340 g/mol. The van der Waals surface area contributed by atoms with Crippen molar-refractivity contribution < 1.29 is 23.9 Å². The highest BCUT2D eigenvalue weighted by atomic mass is 16.6. The van der Waals surface area contributed by atoms with E-state index >= 15 is 0 Å². The molecule has 7 nitrogen and oxygen atoms in total. The molecule has 3 atom stereocenters. The lowest BCUT2D eigenvalue weighted by Crippen LogP contribution is -2.52. The Hall–Kier alpha value is -2.05. The van der Waals surface area contributed by atoms with Crippen LogP contribution >= 0.6 is 0 Å². The van der Waals surface area contributed by atoms with E-state index in [0.29, 0.717) is 18.1 Å². The number of hydrogen-bond acceptors (Lipinski definition) is 5. The minimum atomic E-state index is -1.31. The minimum absolute atomic E-state index is 0.348. The summed E-state index contributed by atoms with van der Waals surface area (Å²) < 4.78 is 11.0. The molecule has 1 aliphatic rings. The number of esters is 1. The van der Waals surface area contributed by atoms with E-state index in [-0.39, 0.29) is 0 Å². The molecular formula is C17H28N2O5. The van der Waals surface area contributed by atoms with Gasteiger partial charge in [-0.15, -0.1) is 0 Å². The summed E-state index contributed by atoms with van der Waals surface area (Å²) in [4.78, 5) is 39.0. The van der Waals surface area contributed by atoms with Crippen LogP contribution in [-0.4, -0.2) is 68.0 Å². The van der Waals surface area contributed by atoms with Gasteiger partial charge < -0.3 is 19.3 Å². The quantitative estimate of drug-likeness (QED) is 0.679. The van der Waals surface area contributed by atoms with E-state index in [1.54, 1.807) is 14.1 Å². The maximum absolute atomic E-state index is 12.6. The second kappa shape index (κ2) is 8.70. The molecule has 0 spiro atoms. The molecule has 24 heavy (non-hydrogen) atoms. The molecule has 0 fully saturated rings. The van der Waals surface area contributed by atoms with Gasteiger partial charge in [0.15, 0.2) is 0 Å². The third kappa shape index (κ3) is 5.54. The molecule has 0 heterocycles. The summed E-state index contributed by atoms with van der Waals surface area (Å²) >= 11 is 0. The molecule has 0 saturated heterocycles. The van der Waals surface area contributed by atoms with Crippen LogP contribution in [-0.2, 0) is 23.9 Å². The highest BCUT2D eigenvalue weighted by Crippen LogP contribution is 2.26. The average Bonchev–Trinajstić information content (AvgIpc) is 2.48. The molecule has 0 N–H and O–H groups in total. The first-order valence-electron chi connectivity index (χ1n) is 8.10. The second-order valence-corrected chi connectivity index (χ2v) is 6.54. The van der Waals surface area contributed by atoms with Gasteiger partial charge in [0, 0.05) is 41.5 Å². The van der Waals surface area contributed by atoms with Crippen molar-refractivity contribution in [3.8, 4) is 0 Å². The lowest BCUT2D eigenvalue weighted by atomic mass is 9.96. The summed E-state index contributed by atoms with van der Waals surface area (Å²) in [5.41, 5.74) is 0. The van der Waals surface area contributed by atoms with Crippen molar-refractivity contribution >= 4 is 17.8 Å². The van der Waals surface area contributed by atoms with Crippen LogP contribution in [0.15, 0.2) is 11.8 Å². The number of nitrogens with zero attached hydrogens (tertiary/aromatic N) is 2. The number of hydrogen-bond donors (Lipinski definition) is 0. The zero-order valence-corrected chi connectivity index (χ0v) is 15.4. The molecule has 136 valence electrons. The fourth-order valence-corrected chi connectivity index (χ4v) is 2.51. The first kappa shape index (κ1) is 20.0. The predicted octanol–water partition coefficient (Wildman–Crippen LogP) is 1.18. The molecule has 1 aliphatic carbocycles. The maximum Gasteiger partial charge on any atom is 0.303 e. The Morgan fingerprint density at radius 2 is 1.62 bits per heavy atom. The van der Waals surface area contributed by atoms with Gasteiger partial charge in [-0.3, -0.25) is 14.4 Å². The Bertz CT molecular complexity index is 513. The van der Waals surface area contributed by atoms with E-state index in [1.807, 2.05) is 6.08 Å². The van der Waals surface area contributed by atoms with Gasteiger partial charge in [0.05, 0.1) is 5.76 Å². The van der Waals surface area contributed by atoms with E-state index in [0.717, 1.165) is 12.8 Å². The van der Waals surface area contributed by atoms with Crippen LogP contribution in [0.25, 0.3) is 0 Å². The molecule has 0 aromatic carbocycles. The molecule has 0 aliphatic heterocycles. The fourth-order valence-electron chi connectivity index (χ4n) is 2.51. The van der Waals surface area contributed by atoms with Gasteiger partial charge in [-0.25, -0.2) is 0 Å². The van der Waals surface area contributed by atoms with Crippen LogP contribution in [0.2, 0.25) is 0 Å². The number of amides is 2. The zero-order valence-electron chi connectivity index (χ0n) is 15.4. The number of likely N-dealkylation sites (N-methyl/N-ethyl adjacent to an activating group) is 2. The van der Waals surface area contributed by atoms with Crippen LogP contribution in [0.4, 0.5) is 0 Å². The summed E-state index contributed by atoms with van der Waals surface area (Å²) in [7, 11) is 6.22. The van der Waals surface area contributed by atoms with Gasteiger partial charge in [-0.1, -0.05) is 6.92 Å². The fraction of sp³-hybridized carbons (Fsp3) is 0.706. The second-order valence-electron chi connectivity index (χ2n) is 6.54. The van der Waals surface area contributed by atoms with Gasteiger partial charge in [0.1, 0.15) is 0 Å². The first-order valence-corrected chi connectivity index (χ1v) is 8.10. The normalized spacial score (nSPS) is 19.6. The molecule has 7 heteroatoms. The van der Waals surface area contributed by atoms with E-state index in [2.05, 4.69) is 6.92 Å². The van der Waals surface area contributed by atoms with Crippen molar-refractivity contribution in [1.82, 2.24) is 9.80 Å². The van der Waals surface area contributed by atoms with Crippen molar-refractivity contribution in [3.63, 3.8) is 0 Å². The molecule has 0 unspecified atom stereocenters. The lowest BCUT2D eigenvalue weighted by Gasteiger charge is -2.31. The van der Waals surface area contributed by atoms with Gasteiger partial charge in [-0.05, 0) is 24.8 Å². The number of ether oxygens (including phenoxy) is 2. The van der Waals surface area contributed by atoms with E-state index in [4.69, 9.17) is 9.47 Å². The maximum atomic E-state index is 12.6. The van der Waals surface area contributed by atoms with Gasteiger partial charge >= 0.3 is 5.97 Å². The van der Waals surface area contributed by atoms with Crippen molar-refractivity contribution in [2.75, 3.05) is 28.2 Å². The Morgan fingerprint density at radius 1 is 1.08 bits per heavy atom. The molecule has 0 radical (unpaired) electrons. The Balaban J connectivity index is 3.14. The Kier molecular flexibility index (Phi) is 7.25. The largest absolute Gasteiger partial charge is 0.481 e. The van der Waals surface area contributed by atoms with E-state index in [1.165, 1.54) is 30.8 Å². The van der Waals surface area contributed by atoms with Crippen molar-refractivity contribution in [1.29, 1.82) is 0 Å². The van der Waals surface area contributed by atoms with Gasteiger partial charge in [0.25, 0.3) is 11.8 Å². The van der Waals surface area contributed by atoms with Crippen LogP contribution in [0.5, 0.6) is 0 Å². The summed E-state index contributed by atoms with van der Waals surface area (Å²) in [6.07, 6.45) is 2.16. The molecule has 0 aromatic heterocycles. The van der Waals surface area contributed by atoms with Gasteiger partial charge in [-0.2, -0.15) is 0 Å². The van der Waals surface area contributed by atoms with Crippen molar-refractivity contribution in [3.05, 3.63) is 11.8 Å². The summed E-state index contributed by atoms with van der Waals surface area (Å²) in [6, 6.07) is 0. The summed E-state index contributed by atoms with van der Waals surface area (Å²) in [5.74, 6) is -0.537.